The van der Waals surface area contributed by atoms with Crippen molar-refractivity contribution >= 4 is 5.91 Å². The largest absolute Gasteiger partial charge is 0.350 e. The van der Waals surface area contributed by atoms with E-state index in [2.05, 4.69) is 15.5 Å². The Morgan fingerprint density at radius 3 is 2.62 bits per heavy atom. The van der Waals surface area contributed by atoms with Crippen molar-refractivity contribution < 1.29 is 22.4 Å². The summed E-state index contributed by atoms with van der Waals surface area (Å²) in [5.74, 6) is -5.24. The van der Waals surface area contributed by atoms with E-state index < -0.39 is 42.5 Å². The number of likely N-dealkylation sites (tertiary alicyclic amines) is 1. The number of benzene rings is 1. The monoisotopic (exact) mass is 373 g/mol. The highest BCUT2D eigenvalue weighted by atomic mass is 19.3. The summed E-state index contributed by atoms with van der Waals surface area (Å²) < 4.78 is 53.7. The van der Waals surface area contributed by atoms with Crippen LogP contribution in [0.1, 0.15) is 38.3 Å². The van der Waals surface area contributed by atoms with Crippen molar-refractivity contribution in [1.29, 1.82) is 0 Å². The predicted octanol–water partition coefficient (Wildman–Crippen LogP) is 2.60. The summed E-state index contributed by atoms with van der Waals surface area (Å²) in [6.45, 7) is 4.12. The first-order valence-electron chi connectivity index (χ1n) is 8.80. The van der Waals surface area contributed by atoms with Gasteiger partial charge in [0.05, 0.1) is 18.6 Å². The molecule has 0 bridgehead atoms. The molecule has 0 aliphatic carbocycles. The molecule has 2 saturated heterocycles. The highest BCUT2D eigenvalue weighted by Crippen LogP contribution is 2.35. The molecule has 3 atom stereocenters. The first kappa shape index (κ1) is 19.1. The Kier molecular flexibility index (Phi) is 5.25. The lowest BCUT2D eigenvalue weighted by atomic mass is 9.98. The van der Waals surface area contributed by atoms with Gasteiger partial charge in [0.25, 0.3) is 5.92 Å². The van der Waals surface area contributed by atoms with Gasteiger partial charge < -0.3 is 5.32 Å². The van der Waals surface area contributed by atoms with Gasteiger partial charge in [-0.2, -0.15) is 0 Å². The lowest BCUT2D eigenvalue weighted by Gasteiger charge is -2.32. The molecule has 0 spiro atoms. The van der Waals surface area contributed by atoms with Gasteiger partial charge in [0.1, 0.15) is 0 Å². The van der Waals surface area contributed by atoms with Crippen molar-refractivity contribution in [2.24, 2.45) is 0 Å². The average molecular weight is 373 g/mol. The van der Waals surface area contributed by atoms with Gasteiger partial charge in [-0.1, -0.05) is 6.07 Å². The minimum absolute atomic E-state index is 0.129. The minimum Gasteiger partial charge on any atom is -0.350 e. The van der Waals surface area contributed by atoms with Crippen molar-refractivity contribution in [2.75, 3.05) is 13.1 Å². The van der Waals surface area contributed by atoms with Gasteiger partial charge in [-0.05, 0) is 38.0 Å². The van der Waals surface area contributed by atoms with E-state index in [4.69, 9.17) is 0 Å². The van der Waals surface area contributed by atoms with E-state index in [0.717, 1.165) is 12.1 Å². The summed E-state index contributed by atoms with van der Waals surface area (Å²) in [6.07, 6.45) is 0.0754. The number of carbonyl (C=O) groups is 1. The van der Waals surface area contributed by atoms with Crippen LogP contribution in [0.4, 0.5) is 17.6 Å². The van der Waals surface area contributed by atoms with Gasteiger partial charge in [0, 0.05) is 25.0 Å². The summed E-state index contributed by atoms with van der Waals surface area (Å²) in [7, 11) is 0. The van der Waals surface area contributed by atoms with Crippen LogP contribution in [0.15, 0.2) is 18.2 Å². The Labute approximate surface area is 149 Å². The fourth-order valence-corrected chi connectivity index (χ4v) is 3.85. The van der Waals surface area contributed by atoms with Crippen LogP contribution in [0, 0.1) is 11.6 Å². The number of nitrogens with zero attached hydrogens (tertiary/aromatic N) is 1. The third kappa shape index (κ3) is 3.86. The van der Waals surface area contributed by atoms with Crippen LogP contribution < -0.4 is 10.6 Å². The Bertz CT molecular complexity index is 682. The number of carbonyl (C=O) groups excluding carboxylic acids is 1. The fraction of sp³-hybridized carbons (Fsp3) is 0.611. The van der Waals surface area contributed by atoms with Gasteiger partial charge >= 0.3 is 0 Å². The van der Waals surface area contributed by atoms with Crippen LogP contribution in [-0.2, 0) is 4.79 Å². The second-order valence-electron chi connectivity index (χ2n) is 7.35. The van der Waals surface area contributed by atoms with Crippen LogP contribution in [0.2, 0.25) is 0 Å². The van der Waals surface area contributed by atoms with Crippen LogP contribution in [0.25, 0.3) is 0 Å². The maximum absolute atomic E-state index is 13.7. The smallest absolute Gasteiger partial charge is 0.262 e. The molecule has 3 unspecified atom stereocenters. The number of hydrogen-bond donors (Lipinski definition) is 2. The molecule has 2 aliphatic heterocycles. The summed E-state index contributed by atoms with van der Waals surface area (Å²) in [5.41, 5.74) is 0.560. The second-order valence-corrected chi connectivity index (χ2v) is 7.35. The third-order valence-electron chi connectivity index (χ3n) is 5.14. The lowest BCUT2D eigenvalue weighted by Crippen LogP contribution is -2.47. The van der Waals surface area contributed by atoms with Crippen LogP contribution >= 0.6 is 0 Å². The number of halogens is 4. The number of hydrogen-bond acceptors (Lipinski definition) is 3. The minimum atomic E-state index is -2.89. The van der Waals surface area contributed by atoms with Gasteiger partial charge in [0.15, 0.2) is 11.6 Å². The van der Waals surface area contributed by atoms with E-state index in [1.54, 1.807) is 0 Å². The number of nitrogens with one attached hydrogen (secondary N) is 2. The molecule has 0 radical (unpaired) electrons. The Morgan fingerprint density at radius 1 is 1.31 bits per heavy atom. The van der Waals surface area contributed by atoms with E-state index in [-0.39, 0.29) is 18.1 Å². The number of alkyl halides is 2. The highest BCUT2D eigenvalue weighted by Gasteiger charge is 2.44. The van der Waals surface area contributed by atoms with Crippen molar-refractivity contribution in [3.05, 3.63) is 35.4 Å². The first-order valence-corrected chi connectivity index (χ1v) is 8.80. The SMILES string of the molecule is CC(C)N1CCC(NC(=O)C2CC(F)(F)CN2)C1c1ccc(F)c(F)c1. The molecule has 0 saturated carbocycles. The summed E-state index contributed by atoms with van der Waals surface area (Å²) >= 11 is 0. The zero-order valence-corrected chi connectivity index (χ0v) is 14.7. The Hall–Kier alpha value is -1.67. The van der Waals surface area contributed by atoms with Gasteiger partial charge in [-0.3, -0.25) is 15.0 Å². The fourth-order valence-electron chi connectivity index (χ4n) is 3.85. The molecule has 2 fully saturated rings. The van der Waals surface area contributed by atoms with E-state index in [9.17, 15) is 22.4 Å². The summed E-state index contributed by atoms with van der Waals surface area (Å²) in [6, 6.07) is 2.21. The molecule has 0 aromatic heterocycles. The number of rotatable bonds is 4. The molecule has 1 aromatic carbocycles. The van der Waals surface area contributed by atoms with E-state index in [0.29, 0.717) is 18.5 Å². The van der Waals surface area contributed by atoms with Crippen LogP contribution in [0.3, 0.4) is 0 Å². The van der Waals surface area contributed by atoms with Gasteiger partial charge in [-0.15, -0.1) is 0 Å². The molecule has 2 N–H and O–H groups in total. The van der Waals surface area contributed by atoms with Crippen LogP contribution in [0.5, 0.6) is 0 Å². The molecule has 4 nitrogen and oxygen atoms in total. The van der Waals surface area contributed by atoms with Crippen molar-refractivity contribution in [3.8, 4) is 0 Å². The average Bonchev–Trinajstić information content (AvgIpc) is 3.13. The Morgan fingerprint density at radius 2 is 2.04 bits per heavy atom. The molecular formula is C18H23F4N3O. The molecule has 144 valence electrons. The molecule has 2 heterocycles. The van der Waals surface area contributed by atoms with Gasteiger partial charge in [-0.25, -0.2) is 17.6 Å². The highest BCUT2D eigenvalue weighted by molar-refractivity contribution is 5.82. The normalized spacial score (nSPS) is 28.7. The molecular weight excluding hydrogens is 350 g/mol. The van der Waals surface area contributed by atoms with Crippen molar-refractivity contribution in [3.63, 3.8) is 0 Å². The Balaban J connectivity index is 1.78. The maximum Gasteiger partial charge on any atom is 0.262 e. The van der Waals surface area contributed by atoms with Gasteiger partial charge in [0.2, 0.25) is 5.91 Å². The molecule has 26 heavy (non-hydrogen) atoms. The van der Waals surface area contributed by atoms with E-state index in [1.807, 2.05) is 13.8 Å². The number of amides is 1. The maximum atomic E-state index is 13.7. The zero-order valence-electron chi connectivity index (χ0n) is 14.7. The molecule has 2 aliphatic rings. The topological polar surface area (TPSA) is 44.4 Å². The third-order valence-corrected chi connectivity index (χ3v) is 5.14. The molecule has 3 rings (SSSR count). The molecule has 1 amide bonds. The first-order chi connectivity index (χ1) is 12.2. The molecule has 8 heteroatoms. The summed E-state index contributed by atoms with van der Waals surface area (Å²) in [4.78, 5) is 14.5. The van der Waals surface area contributed by atoms with E-state index in [1.165, 1.54) is 6.07 Å². The quantitative estimate of drug-likeness (QED) is 0.798. The van der Waals surface area contributed by atoms with Crippen LogP contribution in [-0.4, -0.2) is 47.9 Å². The second kappa shape index (κ2) is 7.15. The predicted molar refractivity (Wildman–Crippen MR) is 88.8 cm³/mol. The van der Waals surface area contributed by atoms with E-state index >= 15 is 0 Å². The van der Waals surface area contributed by atoms with Crippen molar-refractivity contribution in [2.45, 2.75) is 56.8 Å². The summed E-state index contributed by atoms with van der Waals surface area (Å²) in [5, 5.41) is 5.37. The molecule has 1 aromatic rings. The lowest BCUT2D eigenvalue weighted by molar-refractivity contribution is -0.124. The standard InChI is InChI=1S/C18H23F4N3O/c1-10(2)25-6-5-14(16(25)11-3-4-12(19)13(20)7-11)24-17(26)15-8-18(21,22)9-23-15/h3-4,7,10,14-16,23H,5-6,8-9H2,1-2H3,(H,24,26). The van der Waals surface area contributed by atoms with Crippen molar-refractivity contribution in [1.82, 2.24) is 15.5 Å². The zero-order chi connectivity index (χ0) is 19.1.